The maximum Gasteiger partial charge on any atom is 0.272 e. The van der Waals surface area contributed by atoms with Gasteiger partial charge in [-0.25, -0.2) is 0 Å². The topological polar surface area (TPSA) is 49.0 Å². The number of aromatic amines is 1. The maximum atomic E-state index is 11.9. The SMILES string of the molecule is Cc1cn[nH]c1C(=O)N1CCCCC1. The van der Waals surface area contributed by atoms with Crippen molar-refractivity contribution in [2.45, 2.75) is 26.2 Å². The monoisotopic (exact) mass is 193 g/mol. The smallest absolute Gasteiger partial charge is 0.272 e. The molecule has 1 aromatic rings. The summed E-state index contributed by atoms with van der Waals surface area (Å²) in [6, 6.07) is 0. The second-order valence-corrected chi connectivity index (χ2v) is 3.78. The molecule has 0 radical (unpaired) electrons. The van der Waals surface area contributed by atoms with Crippen molar-refractivity contribution < 1.29 is 4.79 Å². The lowest BCUT2D eigenvalue weighted by Crippen LogP contribution is -2.36. The lowest BCUT2D eigenvalue weighted by molar-refractivity contribution is 0.0717. The predicted octanol–water partition coefficient (Wildman–Crippen LogP) is 1.34. The van der Waals surface area contributed by atoms with Crippen molar-refractivity contribution in [3.05, 3.63) is 17.5 Å². The predicted molar refractivity (Wildman–Crippen MR) is 53.1 cm³/mol. The number of hydrogen-bond acceptors (Lipinski definition) is 2. The molecule has 0 bridgehead atoms. The zero-order valence-corrected chi connectivity index (χ0v) is 8.42. The third-order valence-corrected chi connectivity index (χ3v) is 2.69. The molecule has 0 saturated carbocycles. The van der Waals surface area contributed by atoms with Gasteiger partial charge in [-0.05, 0) is 31.7 Å². The summed E-state index contributed by atoms with van der Waals surface area (Å²) < 4.78 is 0. The van der Waals surface area contributed by atoms with Gasteiger partial charge in [-0.1, -0.05) is 0 Å². The van der Waals surface area contributed by atoms with E-state index in [1.165, 1.54) is 6.42 Å². The van der Waals surface area contributed by atoms with E-state index in [1.807, 2.05) is 11.8 Å². The van der Waals surface area contributed by atoms with Gasteiger partial charge >= 0.3 is 0 Å². The van der Waals surface area contributed by atoms with Crippen molar-refractivity contribution in [1.82, 2.24) is 15.1 Å². The summed E-state index contributed by atoms with van der Waals surface area (Å²) in [5.74, 6) is 0.0969. The molecule has 0 aromatic carbocycles. The minimum Gasteiger partial charge on any atom is -0.337 e. The molecular formula is C10H15N3O. The molecule has 0 atom stereocenters. The second kappa shape index (κ2) is 3.82. The van der Waals surface area contributed by atoms with Gasteiger partial charge < -0.3 is 4.90 Å². The van der Waals surface area contributed by atoms with Gasteiger partial charge in [0.1, 0.15) is 5.69 Å². The number of aromatic nitrogens is 2. The molecule has 1 aromatic heterocycles. The normalized spacial score (nSPS) is 17.1. The number of nitrogens with zero attached hydrogens (tertiary/aromatic N) is 2. The van der Waals surface area contributed by atoms with Crippen LogP contribution in [0.15, 0.2) is 6.20 Å². The number of likely N-dealkylation sites (tertiary alicyclic amines) is 1. The van der Waals surface area contributed by atoms with Gasteiger partial charge in [0.15, 0.2) is 0 Å². The Kier molecular flexibility index (Phi) is 2.52. The number of amides is 1. The molecule has 1 amide bonds. The lowest BCUT2D eigenvalue weighted by Gasteiger charge is -2.26. The summed E-state index contributed by atoms with van der Waals surface area (Å²) in [4.78, 5) is 13.8. The van der Waals surface area contributed by atoms with Gasteiger partial charge in [-0.2, -0.15) is 5.10 Å². The van der Waals surface area contributed by atoms with E-state index in [1.54, 1.807) is 6.20 Å². The van der Waals surface area contributed by atoms with Crippen LogP contribution in [0.25, 0.3) is 0 Å². The van der Waals surface area contributed by atoms with Crippen molar-refractivity contribution in [2.24, 2.45) is 0 Å². The van der Waals surface area contributed by atoms with E-state index in [0.29, 0.717) is 5.69 Å². The molecule has 1 aliphatic rings. The fraction of sp³-hybridized carbons (Fsp3) is 0.600. The summed E-state index contributed by atoms with van der Waals surface area (Å²) in [7, 11) is 0. The average molecular weight is 193 g/mol. The molecule has 0 unspecified atom stereocenters. The highest BCUT2D eigenvalue weighted by atomic mass is 16.2. The molecule has 2 rings (SSSR count). The Morgan fingerprint density at radius 1 is 1.43 bits per heavy atom. The Morgan fingerprint density at radius 2 is 2.14 bits per heavy atom. The van der Waals surface area contributed by atoms with Crippen molar-refractivity contribution in [3.8, 4) is 0 Å². The van der Waals surface area contributed by atoms with Crippen molar-refractivity contribution in [1.29, 1.82) is 0 Å². The van der Waals surface area contributed by atoms with Crippen LogP contribution in [0, 0.1) is 6.92 Å². The third-order valence-electron chi connectivity index (χ3n) is 2.69. The Balaban J connectivity index is 2.11. The van der Waals surface area contributed by atoms with Gasteiger partial charge in [0, 0.05) is 13.1 Å². The number of rotatable bonds is 1. The molecule has 1 fully saturated rings. The zero-order valence-electron chi connectivity index (χ0n) is 8.42. The first kappa shape index (κ1) is 9.24. The number of carbonyl (C=O) groups is 1. The van der Waals surface area contributed by atoms with Crippen LogP contribution in [0.5, 0.6) is 0 Å². The quantitative estimate of drug-likeness (QED) is 0.731. The third kappa shape index (κ3) is 1.64. The van der Waals surface area contributed by atoms with E-state index < -0.39 is 0 Å². The van der Waals surface area contributed by atoms with Crippen LogP contribution < -0.4 is 0 Å². The Labute approximate surface area is 83.3 Å². The molecule has 1 saturated heterocycles. The Bertz CT molecular complexity index is 326. The number of nitrogens with one attached hydrogen (secondary N) is 1. The van der Waals surface area contributed by atoms with E-state index in [-0.39, 0.29) is 5.91 Å². The van der Waals surface area contributed by atoms with Crippen LogP contribution in [0.2, 0.25) is 0 Å². The molecular weight excluding hydrogens is 178 g/mol. The van der Waals surface area contributed by atoms with Gasteiger partial charge in [0.05, 0.1) is 6.20 Å². The summed E-state index contributed by atoms with van der Waals surface area (Å²) in [5, 5.41) is 6.63. The van der Waals surface area contributed by atoms with Crippen molar-refractivity contribution >= 4 is 5.91 Å². The Morgan fingerprint density at radius 3 is 2.71 bits per heavy atom. The van der Waals surface area contributed by atoms with Gasteiger partial charge in [0.25, 0.3) is 5.91 Å². The largest absolute Gasteiger partial charge is 0.337 e. The first-order chi connectivity index (χ1) is 6.79. The van der Waals surface area contributed by atoms with E-state index in [9.17, 15) is 4.79 Å². The highest BCUT2D eigenvalue weighted by Crippen LogP contribution is 2.13. The second-order valence-electron chi connectivity index (χ2n) is 3.78. The highest BCUT2D eigenvalue weighted by molar-refractivity contribution is 5.93. The summed E-state index contributed by atoms with van der Waals surface area (Å²) >= 11 is 0. The standard InChI is InChI=1S/C10H15N3O/c1-8-7-11-12-9(8)10(14)13-5-3-2-4-6-13/h7H,2-6H2,1H3,(H,11,12). The number of H-pyrrole nitrogens is 1. The minimum absolute atomic E-state index is 0.0969. The van der Waals surface area contributed by atoms with E-state index >= 15 is 0 Å². The molecule has 0 spiro atoms. The number of hydrogen-bond donors (Lipinski definition) is 1. The fourth-order valence-electron chi connectivity index (χ4n) is 1.82. The average Bonchev–Trinajstić information content (AvgIpc) is 2.65. The molecule has 2 heterocycles. The molecule has 4 heteroatoms. The number of carbonyl (C=O) groups excluding carboxylic acids is 1. The summed E-state index contributed by atoms with van der Waals surface area (Å²) in [5.41, 5.74) is 1.58. The van der Waals surface area contributed by atoms with E-state index in [0.717, 1.165) is 31.5 Å². The molecule has 1 N–H and O–H groups in total. The zero-order chi connectivity index (χ0) is 9.97. The Hall–Kier alpha value is -1.32. The molecule has 1 aliphatic heterocycles. The van der Waals surface area contributed by atoms with Crippen LogP contribution in [0.3, 0.4) is 0 Å². The van der Waals surface area contributed by atoms with Crippen LogP contribution in [-0.2, 0) is 0 Å². The van der Waals surface area contributed by atoms with Crippen LogP contribution >= 0.6 is 0 Å². The first-order valence-electron chi connectivity index (χ1n) is 5.08. The van der Waals surface area contributed by atoms with E-state index in [2.05, 4.69) is 10.2 Å². The van der Waals surface area contributed by atoms with Gasteiger partial charge in [-0.3, -0.25) is 9.89 Å². The molecule has 0 aliphatic carbocycles. The minimum atomic E-state index is 0.0969. The van der Waals surface area contributed by atoms with Crippen molar-refractivity contribution in [2.75, 3.05) is 13.1 Å². The first-order valence-corrected chi connectivity index (χ1v) is 5.08. The van der Waals surface area contributed by atoms with Crippen LogP contribution in [0.1, 0.15) is 35.3 Å². The maximum absolute atomic E-state index is 11.9. The van der Waals surface area contributed by atoms with Crippen LogP contribution in [0.4, 0.5) is 0 Å². The van der Waals surface area contributed by atoms with Gasteiger partial charge in [-0.15, -0.1) is 0 Å². The summed E-state index contributed by atoms with van der Waals surface area (Å²) in [6.07, 6.45) is 5.18. The fourth-order valence-corrected chi connectivity index (χ4v) is 1.82. The van der Waals surface area contributed by atoms with E-state index in [4.69, 9.17) is 0 Å². The molecule has 4 nitrogen and oxygen atoms in total. The lowest BCUT2D eigenvalue weighted by atomic mass is 10.1. The van der Waals surface area contributed by atoms with Crippen molar-refractivity contribution in [3.63, 3.8) is 0 Å². The molecule has 76 valence electrons. The number of piperidine rings is 1. The molecule has 14 heavy (non-hydrogen) atoms. The number of aryl methyl sites for hydroxylation is 1. The van der Waals surface area contributed by atoms with Crippen LogP contribution in [-0.4, -0.2) is 34.1 Å². The van der Waals surface area contributed by atoms with Gasteiger partial charge in [0.2, 0.25) is 0 Å². The summed E-state index contributed by atoms with van der Waals surface area (Å²) in [6.45, 7) is 3.68. The highest BCUT2D eigenvalue weighted by Gasteiger charge is 2.20.